The van der Waals surface area contributed by atoms with Gasteiger partial charge in [-0.15, -0.1) is 16.4 Å². The maximum Gasteiger partial charge on any atom is 0.315 e. The number of hydrogen-bond acceptors (Lipinski definition) is 11. The van der Waals surface area contributed by atoms with Gasteiger partial charge < -0.3 is 25.6 Å². The molecule has 4 aliphatic rings. The van der Waals surface area contributed by atoms with E-state index in [0.29, 0.717) is 54.2 Å². The monoisotopic (exact) mass is 807 g/mol. The van der Waals surface area contributed by atoms with Crippen LogP contribution in [-0.2, 0) is 24.4 Å². The Morgan fingerprint density at radius 1 is 1.04 bits per heavy atom. The molecular weight excluding hydrogens is 759 g/mol. The number of hydrogen-bond donors (Lipinski definition) is 4. The third-order valence-corrected chi connectivity index (χ3v) is 13.2. The average Bonchev–Trinajstić information content (AvgIpc) is 3.90. The molecule has 5 amide bonds. The van der Waals surface area contributed by atoms with Gasteiger partial charge >= 0.3 is 6.03 Å². The van der Waals surface area contributed by atoms with E-state index in [1.54, 1.807) is 13.3 Å². The summed E-state index contributed by atoms with van der Waals surface area (Å²) in [6, 6.07) is 4.24. The highest BCUT2D eigenvalue weighted by Gasteiger charge is 2.62. The number of ether oxygens (including phenoxy) is 1. The Hall–Kier alpha value is -4.84. The number of methoxy groups -OCH3 is 1. The molecule has 2 aromatic heterocycles. The van der Waals surface area contributed by atoms with Crippen LogP contribution in [-0.4, -0.2) is 99.1 Å². The van der Waals surface area contributed by atoms with E-state index in [2.05, 4.69) is 25.7 Å². The van der Waals surface area contributed by atoms with Gasteiger partial charge in [-0.1, -0.05) is 25.0 Å². The van der Waals surface area contributed by atoms with Crippen LogP contribution in [0.25, 0.3) is 22.0 Å². The van der Waals surface area contributed by atoms with Gasteiger partial charge in [0.1, 0.15) is 39.8 Å². The second-order valence-electron chi connectivity index (χ2n) is 16.1. The molecule has 56 heavy (non-hydrogen) atoms. The Labute approximate surface area is 330 Å². The highest BCUT2D eigenvalue weighted by molar-refractivity contribution is 7.91. The fourth-order valence-corrected chi connectivity index (χ4v) is 9.38. The van der Waals surface area contributed by atoms with Gasteiger partial charge in [-0.2, -0.15) is 9.90 Å². The molecule has 0 unspecified atom stereocenters. The summed E-state index contributed by atoms with van der Waals surface area (Å²) in [7, 11) is -2.31. The lowest BCUT2D eigenvalue weighted by Gasteiger charge is -2.30. The van der Waals surface area contributed by atoms with Crippen molar-refractivity contribution in [3.63, 3.8) is 0 Å². The topological polar surface area (TPSA) is 207 Å². The molecule has 4 heterocycles. The minimum absolute atomic E-state index is 0.0304. The molecule has 2 aliphatic heterocycles. The van der Waals surface area contributed by atoms with Crippen LogP contribution in [0.5, 0.6) is 5.75 Å². The van der Waals surface area contributed by atoms with Crippen molar-refractivity contribution in [2.24, 2.45) is 5.92 Å². The van der Waals surface area contributed by atoms with E-state index in [1.807, 2.05) is 62.6 Å². The van der Waals surface area contributed by atoms with Gasteiger partial charge in [-0.3, -0.25) is 19.1 Å². The second-order valence-corrected chi connectivity index (χ2v) is 18.9. The molecule has 2 saturated carbocycles. The lowest BCUT2D eigenvalue weighted by molar-refractivity contribution is -0.141. The van der Waals surface area contributed by atoms with Crippen LogP contribution in [0.4, 0.5) is 4.79 Å². The molecule has 4 N–H and O–H groups in total. The Balaban J connectivity index is 1.24. The maximum atomic E-state index is 14.7. The molecule has 3 fully saturated rings. The van der Waals surface area contributed by atoms with E-state index in [4.69, 9.17) is 14.9 Å². The molecule has 2 aliphatic carbocycles. The Morgan fingerprint density at radius 3 is 2.46 bits per heavy atom. The molecular formula is C38H49N9O7S2. The van der Waals surface area contributed by atoms with Gasteiger partial charge in [0.2, 0.25) is 21.8 Å². The number of allylic oxidation sites excluding steroid dienone is 1. The summed E-state index contributed by atoms with van der Waals surface area (Å²) in [5, 5.41) is 20.3. The zero-order chi connectivity index (χ0) is 39.8. The van der Waals surface area contributed by atoms with Crippen LogP contribution in [0.3, 0.4) is 0 Å². The van der Waals surface area contributed by atoms with Crippen LogP contribution >= 0.6 is 11.3 Å². The van der Waals surface area contributed by atoms with Crippen LogP contribution < -0.4 is 25.4 Å². The number of sulfonamides is 1. The summed E-state index contributed by atoms with van der Waals surface area (Å²) in [4.78, 5) is 63.6. The fraction of sp³-hybridized carbons (Fsp3) is 0.553. The van der Waals surface area contributed by atoms with Gasteiger partial charge in [0, 0.05) is 41.6 Å². The van der Waals surface area contributed by atoms with E-state index in [0.717, 1.165) is 18.4 Å². The first-order chi connectivity index (χ1) is 26.7. The van der Waals surface area contributed by atoms with E-state index in [9.17, 15) is 27.6 Å². The van der Waals surface area contributed by atoms with Crippen LogP contribution in [0.1, 0.15) is 84.6 Å². The number of carbonyl (C=O) groups excluding carboxylic acids is 4. The highest BCUT2D eigenvalue weighted by atomic mass is 32.2. The number of urea groups is 1. The number of rotatable bonds is 8. The molecule has 5 atom stereocenters. The van der Waals surface area contributed by atoms with Crippen molar-refractivity contribution in [3.05, 3.63) is 48.0 Å². The number of aromatic nitrogens is 4. The van der Waals surface area contributed by atoms with Gasteiger partial charge in [-0.25, -0.2) is 18.2 Å². The van der Waals surface area contributed by atoms with Crippen molar-refractivity contribution >= 4 is 45.1 Å². The average molecular weight is 808 g/mol. The van der Waals surface area contributed by atoms with Crippen molar-refractivity contribution in [1.29, 1.82) is 0 Å². The largest absolute Gasteiger partial charge is 0.497 e. The van der Waals surface area contributed by atoms with Gasteiger partial charge in [0.05, 0.1) is 18.4 Å². The first-order valence-electron chi connectivity index (χ1n) is 19.1. The normalized spacial score (nSPS) is 26.5. The Kier molecular flexibility index (Phi) is 11.0. The standard InChI is InChI=1S/C38H49N9O7S2/c1-37(2,3)42-36(51)40-28-11-9-7-5-6-8-10-24-21-38(24,35(50)45-56(52,53)27-16-17-27)41-32(48)29-20-25(22-46(29)34(28)49)47-43-30(23-12-14-26(54-4)15-13-23)31(44-47)33-39-18-19-55-33/h8,10,12-15,18-19,24-25,27-29H,5-7,9,11,16-17,20-22H2,1-4H3,(H,41,48)(H,45,50)(H2,40,42,51)/b10-8+/t24-,25-,28-,29+,38-/m1/s1. The summed E-state index contributed by atoms with van der Waals surface area (Å²) in [6.07, 6.45) is 10.0. The quantitative estimate of drug-likeness (QED) is 0.243. The lowest BCUT2D eigenvalue weighted by atomic mass is 10.0. The minimum atomic E-state index is -3.90. The van der Waals surface area contributed by atoms with Crippen LogP contribution in [0.15, 0.2) is 48.0 Å². The number of nitrogens with one attached hydrogen (secondary N) is 4. The van der Waals surface area contributed by atoms with Crippen molar-refractivity contribution in [2.75, 3.05) is 13.7 Å². The Bertz CT molecular complexity index is 2090. The molecule has 0 spiro atoms. The Morgan fingerprint density at radius 2 is 1.79 bits per heavy atom. The van der Waals surface area contributed by atoms with Crippen LogP contribution in [0, 0.1) is 5.92 Å². The van der Waals surface area contributed by atoms with Crippen molar-refractivity contribution < 1.29 is 32.3 Å². The zero-order valence-electron chi connectivity index (χ0n) is 32.0. The number of carbonyl (C=O) groups is 4. The van der Waals surface area contributed by atoms with Crippen molar-refractivity contribution in [2.45, 2.75) is 113 Å². The predicted molar refractivity (Wildman–Crippen MR) is 209 cm³/mol. The van der Waals surface area contributed by atoms with Crippen molar-refractivity contribution in [3.8, 4) is 27.7 Å². The number of nitrogens with zero attached hydrogens (tertiary/aromatic N) is 5. The molecule has 18 heteroatoms. The number of fused-ring (bicyclic) bond motifs is 2. The first-order valence-corrected chi connectivity index (χ1v) is 21.5. The smallest absolute Gasteiger partial charge is 0.315 e. The third kappa shape index (κ3) is 8.60. The maximum absolute atomic E-state index is 14.7. The molecule has 1 saturated heterocycles. The molecule has 7 rings (SSSR count). The number of benzene rings is 1. The molecule has 3 aromatic rings. The fourth-order valence-electron chi connectivity index (χ4n) is 7.39. The van der Waals surface area contributed by atoms with Crippen LogP contribution in [0.2, 0.25) is 0 Å². The molecule has 300 valence electrons. The predicted octanol–water partition coefficient (Wildman–Crippen LogP) is 3.69. The van der Waals surface area contributed by atoms with E-state index < -0.39 is 74.1 Å². The lowest BCUT2D eigenvalue weighted by Crippen LogP contribution is -2.59. The molecule has 16 nitrogen and oxygen atoms in total. The highest BCUT2D eigenvalue weighted by Crippen LogP contribution is 2.46. The zero-order valence-corrected chi connectivity index (χ0v) is 33.6. The van der Waals surface area contributed by atoms with Crippen molar-refractivity contribution in [1.82, 2.24) is 45.6 Å². The SMILES string of the molecule is COc1ccc(-c2nn([C@@H]3C[C@H]4C(=O)N[C@]5(C(=O)NS(=O)(=O)C6CC6)C[C@H]5/C=C/CCCCC[C@@H](NC(=O)NC(C)(C)C)C(=O)N4C3)nc2-c2nccs2)cc1. The summed E-state index contributed by atoms with van der Waals surface area (Å²) >= 11 is 1.40. The summed E-state index contributed by atoms with van der Waals surface area (Å²) < 4.78 is 33.4. The molecule has 0 radical (unpaired) electrons. The summed E-state index contributed by atoms with van der Waals surface area (Å²) in [5.41, 5.74) is -0.216. The minimum Gasteiger partial charge on any atom is -0.497 e. The molecule has 1 aromatic carbocycles. The number of thiazole rings is 1. The molecule has 0 bridgehead atoms. The van der Waals surface area contributed by atoms with Gasteiger partial charge in [0.25, 0.3) is 5.91 Å². The van der Waals surface area contributed by atoms with Gasteiger partial charge in [0.15, 0.2) is 0 Å². The summed E-state index contributed by atoms with van der Waals surface area (Å²) in [5.74, 6) is -1.59. The van der Waals surface area contributed by atoms with E-state index >= 15 is 0 Å². The van der Waals surface area contributed by atoms with E-state index in [-0.39, 0.29) is 19.4 Å². The number of amides is 5. The van der Waals surface area contributed by atoms with E-state index in [1.165, 1.54) is 21.0 Å². The summed E-state index contributed by atoms with van der Waals surface area (Å²) in [6.45, 7) is 5.55. The second kappa shape index (κ2) is 15.6. The van der Waals surface area contributed by atoms with Gasteiger partial charge in [-0.05, 0) is 83.6 Å². The first kappa shape index (κ1) is 39.4. The third-order valence-electron chi connectivity index (χ3n) is 10.6.